The van der Waals surface area contributed by atoms with Gasteiger partial charge in [0.05, 0.1) is 0 Å². The second-order valence-corrected chi connectivity index (χ2v) is 4.85. The Kier molecular flexibility index (Phi) is 8.67. The molecule has 20 heavy (non-hydrogen) atoms. The van der Waals surface area contributed by atoms with Crippen LogP contribution >= 0.6 is 0 Å². The van der Waals surface area contributed by atoms with E-state index in [2.05, 4.69) is 6.92 Å². The van der Waals surface area contributed by atoms with Crippen LogP contribution in [0, 0.1) is 0 Å². The number of carbonyl (C=O) groups excluding carboxylic acids is 1. The molecule has 0 aliphatic heterocycles. The summed E-state index contributed by atoms with van der Waals surface area (Å²) < 4.78 is 5.41. The maximum Gasteiger partial charge on any atom is 0.248 e. The fourth-order valence-corrected chi connectivity index (χ4v) is 1.88. The first-order valence-corrected chi connectivity index (χ1v) is 7.37. The minimum Gasteiger partial charge on any atom is -0.372 e. The second-order valence-electron chi connectivity index (χ2n) is 4.85. The van der Waals surface area contributed by atoms with Gasteiger partial charge in [-0.1, -0.05) is 43.7 Å². The van der Waals surface area contributed by atoms with Crippen molar-refractivity contribution in [2.24, 2.45) is 5.73 Å². The van der Waals surface area contributed by atoms with Gasteiger partial charge in [0.15, 0.2) is 0 Å². The summed E-state index contributed by atoms with van der Waals surface area (Å²) in [6.45, 7) is 4.82. The summed E-state index contributed by atoms with van der Waals surface area (Å²) in [7, 11) is 0. The average molecular weight is 278 g/mol. The van der Waals surface area contributed by atoms with Gasteiger partial charge in [-0.25, -0.2) is 0 Å². The lowest BCUT2D eigenvalue weighted by Gasteiger charge is -2.22. The number of carbonyl (C=O) groups is 1. The van der Waals surface area contributed by atoms with Gasteiger partial charge in [0.1, 0.15) is 6.61 Å². The molecule has 1 amide bonds. The van der Waals surface area contributed by atoms with E-state index < -0.39 is 0 Å². The van der Waals surface area contributed by atoms with E-state index in [1.54, 1.807) is 0 Å². The van der Waals surface area contributed by atoms with Crippen LogP contribution in [0.1, 0.15) is 31.7 Å². The zero-order chi connectivity index (χ0) is 14.6. The van der Waals surface area contributed by atoms with E-state index in [1.807, 2.05) is 35.2 Å². The number of unbranched alkanes of at least 4 members (excludes halogenated alkanes) is 1. The van der Waals surface area contributed by atoms with Crippen LogP contribution in [-0.4, -0.2) is 37.1 Å². The van der Waals surface area contributed by atoms with Gasteiger partial charge in [0.2, 0.25) is 5.91 Å². The van der Waals surface area contributed by atoms with Crippen LogP contribution in [0.5, 0.6) is 0 Å². The first-order valence-electron chi connectivity index (χ1n) is 7.37. The van der Waals surface area contributed by atoms with E-state index in [-0.39, 0.29) is 12.5 Å². The third kappa shape index (κ3) is 6.68. The Morgan fingerprint density at radius 3 is 2.65 bits per heavy atom. The third-order valence-corrected chi connectivity index (χ3v) is 3.07. The van der Waals surface area contributed by atoms with Crippen molar-refractivity contribution >= 4 is 5.91 Å². The molecule has 0 heterocycles. The van der Waals surface area contributed by atoms with E-state index in [9.17, 15) is 4.79 Å². The zero-order valence-corrected chi connectivity index (χ0v) is 12.4. The van der Waals surface area contributed by atoms with Crippen molar-refractivity contribution in [2.75, 3.05) is 26.3 Å². The Labute approximate surface area is 121 Å². The molecule has 0 unspecified atom stereocenters. The van der Waals surface area contributed by atoms with Crippen molar-refractivity contribution in [1.82, 2.24) is 4.90 Å². The molecule has 1 aromatic rings. The quantitative estimate of drug-likeness (QED) is 0.667. The van der Waals surface area contributed by atoms with E-state index in [0.29, 0.717) is 26.2 Å². The largest absolute Gasteiger partial charge is 0.372 e. The lowest BCUT2D eigenvalue weighted by Crippen LogP contribution is -2.35. The van der Waals surface area contributed by atoms with Crippen molar-refractivity contribution in [3.63, 3.8) is 0 Å². The van der Waals surface area contributed by atoms with Gasteiger partial charge in [-0.05, 0) is 24.9 Å². The highest BCUT2D eigenvalue weighted by molar-refractivity contribution is 5.77. The highest BCUT2D eigenvalue weighted by Gasteiger charge is 2.13. The Balaban J connectivity index is 2.47. The number of nitrogens with two attached hydrogens (primary N) is 1. The van der Waals surface area contributed by atoms with Crippen molar-refractivity contribution in [1.29, 1.82) is 0 Å². The summed E-state index contributed by atoms with van der Waals surface area (Å²) in [6, 6.07) is 10.0. The van der Waals surface area contributed by atoms with Crippen LogP contribution in [0.25, 0.3) is 0 Å². The Bertz CT molecular complexity index is 368. The highest BCUT2D eigenvalue weighted by atomic mass is 16.5. The second kappa shape index (κ2) is 10.4. The Morgan fingerprint density at radius 1 is 1.25 bits per heavy atom. The molecular formula is C16H26N2O2. The number of rotatable bonds is 10. The molecule has 4 nitrogen and oxygen atoms in total. The van der Waals surface area contributed by atoms with Crippen LogP contribution in [0.4, 0.5) is 0 Å². The summed E-state index contributed by atoms with van der Waals surface area (Å²) in [5.74, 6) is 0.0402. The fourth-order valence-electron chi connectivity index (χ4n) is 1.88. The zero-order valence-electron chi connectivity index (χ0n) is 12.4. The molecule has 0 fully saturated rings. The summed E-state index contributed by atoms with van der Waals surface area (Å²) >= 11 is 0. The smallest absolute Gasteiger partial charge is 0.248 e. The van der Waals surface area contributed by atoms with Crippen LogP contribution in [0.15, 0.2) is 30.3 Å². The number of benzene rings is 1. The Hall–Kier alpha value is -1.39. The topological polar surface area (TPSA) is 55.6 Å². The normalized spacial score (nSPS) is 10.5. The van der Waals surface area contributed by atoms with Gasteiger partial charge in [-0.3, -0.25) is 4.79 Å². The van der Waals surface area contributed by atoms with Gasteiger partial charge in [-0.15, -0.1) is 0 Å². The van der Waals surface area contributed by atoms with E-state index >= 15 is 0 Å². The van der Waals surface area contributed by atoms with Crippen LogP contribution < -0.4 is 5.73 Å². The average Bonchev–Trinajstić information content (AvgIpc) is 2.48. The summed E-state index contributed by atoms with van der Waals surface area (Å²) in [4.78, 5) is 14.0. The number of hydrogen-bond donors (Lipinski definition) is 1. The molecule has 0 saturated heterocycles. The molecule has 4 heteroatoms. The maximum atomic E-state index is 12.2. The SMILES string of the molecule is CCCCOCC(=O)N(CCCN)Cc1ccccc1. The first-order chi connectivity index (χ1) is 9.77. The number of hydrogen-bond acceptors (Lipinski definition) is 3. The lowest BCUT2D eigenvalue weighted by molar-refractivity contribution is -0.136. The van der Waals surface area contributed by atoms with E-state index in [4.69, 9.17) is 10.5 Å². The van der Waals surface area contributed by atoms with E-state index in [0.717, 1.165) is 24.8 Å². The van der Waals surface area contributed by atoms with Crippen molar-refractivity contribution in [2.45, 2.75) is 32.7 Å². The third-order valence-electron chi connectivity index (χ3n) is 3.07. The molecule has 112 valence electrons. The molecule has 0 atom stereocenters. The predicted molar refractivity (Wildman–Crippen MR) is 81.3 cm³/mol. The van der Waals surface area contributed by atoms with Crippen molar-refractivity contribution < 1.29 is 9.53 Å². The lowest BCUT2D eigenvalue weighted by atomic mass is 10.2. The van der Waals surface area contributed by atoms with Gasteiger partial charge < -0.3 is 15.4 Å². The van der Waals surface area contributed by atoms with Gasteiger partial charge in [0, 0.05) is 19.7 Å². The van der Waals surface area contributed by atoms with E-state index in [1.165, 1.54) is 0 Å². The molecule has 0 bridgehead atoms. The number of ether oxygens (including phenoxy) is 1. The maximum absolute atomic E-state index is 12.2. The summed E-state index contributed by atoms with van der Waals surface area (Å²) in [5, 5.41) is 0. The van der Waals surface area contributed by atoms with Gasteiger partial charge in [0.25, 0.3) is 0 Å². The molecular weight excluding hydrogens is 252 g/mol. The number of amides is 1. The van der Waals surface area contributed by atoms with Crippen LogP contribution in [0.3, 0.4) is 0 Å². The monoisotopic (exact) mass is 278 g/mol. The number of nitrogens with zero attached hydrogens (tertiary/aromatic N) is 1. The molecule has 2 N–H and O–H groups in total. The van der Waals surface area contributed by atoms with Crippen molar-refractivity contribution in [3.05, 3.63) is 35.9 Å². The van der Waals surface area contributed by atoms with Gasteiger partial charge in [-0.2, -0.15) is 0 Å². The molecule has 1 rings (SSSR count). The molecule has 0 saturated carbocycles. The summed E-state index contributed by atoms with van der Waals surface area (Å²) in [5.41, 5.74) is 6.67. The van der Waals surface area contributed by atoms with Crippen LogP contribution in [0.2, 0.25) is 0 Å². The minimum atomic E-state index is 0.0402. The molecule has 0 aliphatic rings. The van der Waals surface area contributed by atoms with Crippen molar-refractivity contribution in [3.8, 4) is 0 Å². The molecule has 0 aromatic heterocycles. The molecule has 1 aromatic carbocycles. The standard InChI is InChI=1S/C16H26N2O2/c1-2-3-12-20-14-16(19)18(11-7-10-17)13-15-8-5-4-6-9-15/h4-6,8-9H,2-3,7,10-14,17H2,1H3. The fraction of sp³-hybridized carbons (Fsp3) is 0.562. The molecule has 0 radical (unpaired) electrons. The predicted octanol–water partition coefficient (Wildman–Crippen LogP) is 2.18. The van der Waals surface area contributed by atoms with Crippen LogP contribution in [-0.2, 0) is 16.1 Å². The minimum absolute atomic E-state index is 0.0402. The first kappa shape index (κ1) is 16.7. The molecule has 0 aliphatic carbocycles. The Morgan fingerprint density at radius 2 is 2.00 bits per heavy atom. The van der Waals surface area contributed by atoms with Gasteiger partial charge >= 0.3 is 0 Å². The summed E-state index contributed by atoms with van der Waals surface area (Å²) in [6.07, 6.45) is 2.89. The molecule has 0 spiro atoms. The highest BCUT2D eigenvalue weighted by Crippen LogP contribution is 2.06.